The molecule has 16 heavy (non-hydrogen) atoms. The van der Waals surface area contributed by atoms with Crippen LogP contribution in [0.3, 0.4) is 0 Å². The topological polar surface area (TPSA) is 41.5 Å². The van der Waals surface area contributed by atoms with E-state index in [2.05, 4.69) is 5.32 Å². The number of aliphatic hydroxyl groups excluding tert-OH is 1. The minimum absolute atomic E-state index is 0.214. The van der Waals surface area contributed by atoms with Gasteiger partial charge in [0.1, 0.15) is 0 Å². The van der Waals surface area contributed by atoms with Gasteiger partial charge in [-0.3, -0.25) is 0 Å². The van der Waals surface area contributed by atoms with Crippen LogP contribution in [-0.2, 0) is 4.74 Å². The first-order chi connectivity index (χ1) is 7.85. The third-order valence-electron chi connectivity index (χ3n) is 4.20. The normalized spacial score (nSPS) is 32.1. The van der Waals surface area contributed by atoms with Crippen LogP contribution in [0, 0.1) is 5.41 Å². The van der Waals surface area contributed by atoms with Crippen LogP contribution in [0.1, 0.15) is 44.9 Å². The molecule has 1 aliphatic heterocycles. The van der Waals surface area contributed by atoms with Crippen LogP contribution in [0.25, 0.3) is 0 Å². The van der Waals surface area contributed by atoms with E-state index in [1.807, 2.05) is 0 Å². The molecule has 0 aromatic heterocycles. The molecular weight excluding hydrogens is 202 g/mol. The maximum absolute atomic E-state index is 9.15. The minimum atomic E-state index is 0.214. The Morgan fingerprint density at radius 3 is 2.69 bits per heavy atom. The summed E-state index contributed by atoms with van der Waals surface area (Å²) in [7, 11) is 0. The van der Waals surface area contributed by atoms with E-state index in [0.29, 0.717) is 6.04 Å². The smallest absolute Gasteiger partial charge is 0.0536 e. The van der Waals surface area contributed by atoms with Crippen LogP contribution >= 0.6 is 0 Å². The van der Waals surface area contributed by atoms with E-state index in [4.69, 9.17) is 9.84 Å². The van der Waals surface area contributed by atoms with Crippen molar-refractivity contribution in [2.24, 2.45) is 5.41 Å². The van der Waals surface area contributed by atoms with Crippen LogP contribution in [-0.4, -0.2) is 37.5 Å². The molecule has 2 fully saturated rings. The molecule has 0 aromatic rings. The molecule has 1 saturated carbocycles. The molecule has 2 aliphatic rings. The highest BCUT2D eigenvalue weighted by atomic mass is 16.5. The summed E-state index contributed by atoms with van der Waals surface area (Å²) in [6.07, 6.45) is 8.80. The summed E-state index contributed by atoms with van der Waals surface area (Å²) in [5.74, 6) is 0. The number of rotatable bonds is 5. The zero-order valence-electron chi connectivity index (χ0n) is 10.2. The molecular formula is C13H25NO2. The Morgan fingerprint density at radius 2 is 2.06 bits per heavy atom. The molecule has 0 amide bonds. The summed E-state index contributed by atoms with van der Waals surface area (Å²) in [5, 5.41) is 12.8. The Balaban J connectivity index is 1.76. The molecule has 0 radical (unpaired) electrons. The Kier molecular flexibility index (Phi) is 4.62. The largest absolute Gasteiger partial charge is 0.396 e. The summed E-state index contributed by atoms with van der Waals surface area (Å²) in [4.78, 5) is 0. The lowest BCUT2D eigenvalue weighted by molar-refractivity contribution is 0.120. The second kappa shape index (κ2) is 5.99. The second-order valence-electron chi connectivity index (χ2n) is 5.49. The van der Waals surface area contributed by atoms with E-state index in [1.54, 1.807) is 0 Å². The number of ether oxygens (including phenoxy) is 1. The molecule has 94 valence electrons. The van der Waals surface area contributed by atoms with Crippen molar-refractivity contribution in [2.75, 3.05) is 26.4 Å². The fraction of sp³-hybridized carbons (Fsp3) is 1.00. The molecule has 3 heteroatoms. The van der Waals surface area contributed by atoms with Gasteiger partial charge in [0.05, 0.1) is 6.61 Å². The highest BCUT2D eigenvalue weighted by molar-refractivity contribution is 4.87. The van der Waals surface area contributed by atoms with Crippen molar-refractivity contribution >= 4 is 0 Å². The first kappa shape index (κ1) is 12.3. The molecule has 3 nitrogen and oxygen atoms in total. The first-order valence-corrected chi connectivity index (χ1v) is 6.77. The molecule has 2 N–H and O–H groups in total. The average molecular weight is 227 g/mol. The van der Waals surface area contributed by atoms with Crippen LogP contribution in [0.4, 0.5) is 0 Å². The molecule has 0 spiro atoms. The predicted molar refractivity (Wildman–Crippen MR) is 64.4 cm³/mol. The van der Waals surface area contributed by atoms with Crippen molar-refractivity contribution in [2.45, 2.75) is 51.0 Å². The van der Waals surface area contributed by atoms with Crippen molar-refractivity contribution in [1.29, 1.82) is 0 Å². The van der Waals surface area contributed by atoms with Gasteiger partial charge in [0, 0.05) is 31.2 Å². The summed E-state index contributed by atoms with van der Waals surface area (Å²) < 4.78 is 5.50. The van der Waals surface area contributed by atoms with Gasteiger partial charge in [0.15, 0.2) is 0 Å². The minimum Gasteiger partial charge on any atom is -0.396 e. The van der Waals surface area contributed by atoms with E-state index in [1.165, 1.54) is 32.1 Å². The standard InChI is InChI=1S/C13H25NO2/c15-8-6-13(7-9-16-11-13)10-14-12-4-2-1-3-5-12/h12,14-15H,1-11H2. The van der Waals surface area contributed by atoms with Crippen LogP contribution in [0.2, 0.25) is 0 Å². The summed E-state index contributed by atoms with van der Waals surface area (Å²) >= 11 is 0. The highest BCUT2D eigenvalue weighted by Crippen LogP contribution is 2.32. The van der Waals surface area contributed by atoms with E-state index in [-0.39, 0.29) is 12.0 Å². The predicted octanol–water partition coefficient (Wildman–Crippen LogP) is 1.70. The second-order valence-corrected chi connectivity index (χ2v) is 5.49. The van der Waals surface area contributed by atoms with Crippen molar-refractivity contribution in [1.82, 2.24) is 5.32 Å². The van der Waals surface area contributed by atoms with Gasteiger partial charge in [-0.15, -0.1) is 0 Å². The molecule has 1 saturated heterocycles. The van der Waals surface area contributed by atoms with Gasteiger partial charge in [-0.05, 0) is 25.7 Å². The maximum atomic E-state index is 9.15. The Bertz CT molecular complexity index is 196. The van der Waals surface area contributed by atoms with Gasteiger partial charge < -0.3 is 15.2 Å². The van der Waals surface area contributed by atoms with Crippen molar-refractivity contribution < 1.29 is 9.84 Å². The van der Waals surface area contributed by atoms with Gasteiger partial charge in [-0.25, -0.2) is 0 Å². The lowest BCUT2D eigenvalue weighted by Gasteiger charge is -2.31. The monoisotopic (exact) mass is 227 g/mol. The van der Waals surface area contributed by atoms with Crippen molar-refractivity contribution in [3.05, 3.63) is 0 Å². The van der Waals surface area contributed by atoms with Crippen LogP contribution < -0.4 is 5.32 Å². The van der Waals surface area contributed by atoms with Gasteiger partial charge in [0.25, 0.3) is 0 Å². The third kappa shape index (κ3) is 3.19. The molecule has 0 bridgehead atoms. The van der Waals surface area contributed by atoms with E-state index >= 15 is 0 Å². The maximum Gasteiger partial charge on any atom is 0.0536 e. The number of nitrogens with one attached hydrogen (secondary N) is 1. The number of aliphatic hydroxyl groups is 1. The summed E-state index contributed by atoms with van der Waals surface area (Å²) in [6.45, 7) is 3.01. The molecule has 1 aliphatic carbocycles. The van der Waals surface area contributed by atoms with Gasteiger partial charge in [0.2, 0.25) is 0 Å². The highest BCUT2D eigenvalue weighted by Gasteiger charge is 2.34. The zero-order valence-corrected chi connectivity index (χ0v) is 10.2. The zero-order chi connectivity index (χ0) is 11.3. The quantitative estimate of drug-likeness (QED) is 0.751. The van der Waals surface area contributed by atoms with Crippen LogP contribution in [0.5, 0.6) is 0 Å². The van der Waals surface area contributed by atoms with Gasteiger partial charge in [-0.1, -0.05) is 19.3 Å². The Morgan fingerprint density at radius 1 is 1.25 bits per heavy atom. The molecule has 1 unspecified atom stereocenters. The van der Waals surface area contributed by atoms with Crippen molar-refractivity contribution in [3.63, 3.8) is 0 Å². The van der Waals surface area contributed by atoms with E-state index in [0.717, 1.165) is 32.6 Å². The number of hydrogen-bond acceptors (Lipinski definition) is 3. The molecule has 0 aromatic carbocycles. The summed E-state index contributed by atoms with van der Waals surface area (Å²) in [5.41, 5.74) is 0.214. The Hall–Kier alpha value is -0.120. The summed E-state index contributed by atoms with van der Waals surface area (Å²) in [6, 6.07) is 0.713. The SMILES string of the molecule is OCCC1(CNC2CCCCC2)CCOC1. The lowest BCUT2D eigenvalue weighted by atomic mass is 9.83. The van der Waals surface area contributed by atoms with Crippen LogP contribution in [0.15, 0.2) is 0 Å². The average Bonchev–Trinajstić information content (AvgIpc) is 2.78. The third-order valence-corrected chi connectivity index (χ3v) is 4.20. The Labute approximate surface area is 98.6 Å². The van der Waals surface area contributed by atoms with E-state index in [9.17, 15) is 0 Å². The molecule has 1 heterocycles. The van der Waals surface area contributed by atoms with Crippen molar-refractivity contribution in [3.8, 4) is 0 Å². The lowest BCUT2D eigenvalue weighted by Crippen LogP contribution is -2.41. The fourth-order valence-electron chi connectivity index (χ4n) is 2.98. The molecule has 2 rings (SSSR count). The van der Waals surface area contributed by atoms with E-state index < -0.39 is 0 Å². The molecule has 1 atom stereocenters. The fourth-order valence-corrected chi connectivity index (χ4v) is 2.98. The van der Waals surface area contributed by atoms with Gasteiger partial charge >= 0.3 is 0 Å². The number of hydrogen-bond donors (Lipinski definition) is 2. The first-order valence-electron chi connectivity index (χ1n) is 6.77. The van der Waals surface area contributed by atoms with Gasteiger partial charge in [-0.2, -0.15) is 0 Å².